The van der Waals surface area contributed by atoms with Crippen LogP contribution in [0.25, 0.3) is 0 Å². The molecular weight excluding hydrogens is 308 g/mol. The van der Waals surface area contributed by atoms with Crippen LogP contribution in [0.1, 0.15) is 21.5 Å². The number of phenols is 1. The number of rotatable bonds is 5. The third kappa shape index (κ3) is 4.34. The third-order valence-corrected chi connectivity index (χ3v) is 3.42. The van der Waals surface area contributed by atoms with Crippen molar-refractivity contribution in [2.75, 3.05) is 7.11 Å². The summed E-state index contributed by atoms with van der Waals surface area (Å²) in [5.41, 5.74) is 1.52. The van der Waals surface area contributed by atoms with Crippen molar-refractivity contribution in [1.29, 1.82) is 5.26 Å². The van der Waals surface area contributed by atoms with Crippen molar-refractivity contribution in [2.24, 2.45) is 0 Å². The smallest absolute Gasteiger partial charge is 0.328 e. The zero-order valence-electron chi connectivity index (χ0n) is 13.0. The van der Waals surface area contributed by atoms with E-state index >= 15 is 0 Å². The molecule has 0 spiro atoms. The van der Waals surface area contributed by atoms with Crippen LogP contribution in [0.2, 0.25) is 0 Å². The molecule has 2 N–H and O–H groups in total. The number of amides is 1. The van der Waals surface area contributed by atoms with Crippen molar-refractivity contribution in [3.63, 3.8) is 0 Å². The lowest BCUT2D eigenvalue weighted by atomic mass is 10.0. The van der Waals surface area contributed by atoms with Gasteiger partial charge in [0, 0.05) is 12.0 Å². The summed E-state index contributed by atoms with van der Waals surface area (Å²) < 4.78 is 4.74. The van der Waals surface area contributed by atoms with E-state index in [1.807, 2.05) is 6.07 Å². The number of methoxy groups -OCH3 is 1. The van der Waals surface area contributed by atoms with Gasteiger partial charge in [0.05, 0.1) is 18.7 Å². The summed E-state index contributed by atoms with van der Waals surface area (Å²) in [5.74, 6) is -0.990. The zero-order valence-corrected chi connectivity index (χ0v) is 13.0. The van der Waals surface area contributed by atoms with Crippen molar-refractivity contribution in [1.82, 2.24) is 5.32 Å². The summed E-state index contributed by atoms with van der Waals surface area (Å²) in [6.45, 7) is 0. The molecule has 0 fully saturated rings. The summed E-state index contributed by atoms with van der Waals surface area (Å²) in [5, 5.41) is 20.8. The Bertz CT molecular complexity index is 778. The summed E-state index contributed by atoms with van der Waals surface area (Å²) >= 11 is 0. The van der Waals surface area contributed by atoms with Gasteiger partial charge in [-0.1, -0.05) is 12.1 Å². The Kier molecular flexibility index (Phi) is 5.53. The predicted molar refractivity (Wildman–Crippen MR) is 86.2 cm³/mol. The fraction of sp³-hybridized carbons (Fsp3) is 0.167. The molecule has 2 rings (SSSR count). The van der Waals surface area contributed by atoms with Crippen LogP contribution in [0.4, 0.5) is 0 Å². The number of aromatic hydroxyl groups is 1. The van der Waals surface area contributed by atoms with Gasteiger partial charge in [-0.25, -0.2) is 4.79 Å². The van der Waals surface area contributed by atoms with E-state index in [4.69, 9.17) is 10.00 Å². The molecule has 1 atom stereocenters. The first-order valence-electron chi connectivity index (χ1n) is 7.20. The number of ether oxygens (including phenoxy) is 1. The number of phenolic OH excluding ortho intramolecular Hbond substituents is 1. The Morgan fingerprint density at radius 1 is 1.25 bits per heavy atom. The molecule has 0 bridgehead atoms. The van der Waals surface area contributed by atoms with Gasteiger partial charge in [0.2, 0.25) is 0 Å². The van der Waals surface area contributed by atoms with E-state index in [-0.39, 0.29) is 12.2 Å². The number of hydrogen-bond donors (Lipinski definition) is 2. The lowest BCUT2D eigenvalue weighted by Gasteiger charge is -2.17. The molecule has 0 aliphatic heterocycles. The van der Waals surface area contributed by atoms with Crippen molar-refractivity contribution in [3.05, 3.63) is 65.2 Å². The number of nitriles is 1. The zero-order chi connectivity index (χ0) is 17.5. The molecule has 2 aromatic carbocycles. The van der Waals surface area contributed by atoms with Crippen molar-refractivity contribution in [2.45, 2.75) is 12.5 Å². The summed E-state index contributed by atoms with van der Waals surface area (Å²) in [7, 11) is 1.24. The van der Waals surface area contributed by atoms with Crippen LogP contribution in [0.5, 0.6) is 5.75 Å². The van der Waals surface area contributed by atoms with Crippen LogP contribution < -0.4 is 5.32 Å². The molecule has 0 aromatic heterocycles. The minimum absolute atomic E-state index is 0.0457. The Hall–Kier alpha value is -3.33. The van der Waals surface area contributed by atoms with E-state index in [1.165, 1.54) is 31.4 Å². The highest BCUT2D eigenvalue weighted by molar-refractivity contribution is 5.96. The summed E-state index contributed by atoms with van der Waals surface area (Å²) in [6, 6.07) is 13.6. The van der Waals surface area contributed by atoms with E-state index < -0.39 is 17.9 Å². The Labute approximate surface area is 139 Å². The second-order valence-corrected chi connectivity index (χ2v) is 5.11. The molecule has 0 aliphatic rings. The van der Waals surface area contributed by atoms with Crippen LogP contribution in [-0.2, 0) is 16.0 Å². The molecular formula is C18H16N2O4. The van der Waals surface area contributed by atoms with Gasteiger partial charge in [0.15, 0.2) is 0 Å². The Balaban J connectivity index is 2.16. The maximum absolute atomic E-state index is 12.2. The lowest BCUT2D eigenvalue weighted by Crippen LogP contribution is -2.43. The highest BCUT2D eigenvalue weighted by Crippen LogP contribution is 2.11. The fourth-order valence-corrected chi connectivity index (χ4v) is 2.19. The Morgan fingerprint density at radius 3 is 2.58 bits per heavy atom. The van der Waals surface area contributed by atoms with Crippen molar-refractivity contribution >= 4 is 11.9 Å². The molecule has 122 valence electrons. The third-order valence-electron chi connectivity index (χ3n) is 3.42. The van der Waals surface area contributed by atoms with Crippen LogP contribution >= 0.6 is 0 Å². The molecule has 6 nitrogen and oxygen atoms in total. The first-order valence-corrected chi connectivity index (χ1v) is 7.20. The highest BCUT2D eigenvalue weighted by atomic mass is 16.5. The van der Waals surface area contributed by atoms with E-state index in [0.717, 1.165) is 5.56 Å². The SMILES string of the molecule is COC(=O)[C@H](Cc1cccc(C#N)c1)NC(=O)c1ccc(O)cc1. The van der Waals surface area contributed by atoms with E-state index in [2.05, 4.69) is 5.32 Å². The van der Waals surface area contributed by atoms with E-state index in [0.29, 0.717) is 11.1 Å². The Morgan fingerprint density at radius 2 is 1.96 bits per heavy atom. The fourth-order valence-electron chi connectivity index (χ4n) is 2.19. The summed E-state index contributed by atoms with van der Waals surface area (Å²) in [6.07, 6.45) is 0.200. The minimum Gasteiger partial charge on any atom is -0.508 e. The first kappa shape index (κ1) is 17.0. The maximum Gasteiger partial charge on any atom is 0.328 e. The van der Waals surface area contributed by atoms with Crippen LogP contribution in [0.15, 0.2) is 48.5 Å². The molecule has 0 saturated carbocycles. The second-order valence-electron chi connectivity index (χ2n) is 5.11. The monoisotopic (exact) mass is 324 g/mol. The lowest BCUT2D eigenvalue weighted by molar-refractivity contribution is -0.142. The van der Waals surface area contributed by atoms with E-state index in [9.17, 15) is 14.7 Å². The standard InChI is InChI=1S/C18H16N2O4/c1-24-18(23)16(10-12-3-2-4-13(9-12)11-19)20-17(22)14-5-7-15(21)8-6-14/h2-9,16,21H,10H2,1H3,(H,20,22)/t16-/m0/s1. The van der Waals surface area contributed by atoms with Gasteiger partial charge in [0.1, 0.15) is 11.8 Å². The van der Waals surface area contributed by atoms with Gasteiger partial charge in [0.25, 0.3) is 5.91 Å². The largest absolute Gasteiger partial charge is 0.508 e. The van der Waals surface area contributed by atoms with Crippen molar-refractivity contribution < 1.29 is 19.4 Å². The molecule has 2 aromatic rings. The molecule has 24 heavy (non-hydrogen) atoms. The first-order chi connectivity index (χ1) is 11.5. The van der Waals surface area contributed by atoms with Crippen LogP contribution in [0.3, 0.4) is 0 Å². The topological polar surface area (TPSA) is 99.4 Å². The molecule has 0 unspecified atom stereocenters. The van der Waals surface area contributed by atoms with Crippen molar-refractivity contribution in [3.8, 4) is 11.8 Å². The van der Waals surface area contributed by atoms with Crippen LogP contribution in [0, 0.1) is 11.3 Å². The quantitative estimate of drug-likeness (QED) is 0.817. The molecule has 0 aliphatic carbocycles. The normalized spacial score (nSPS) is 11.2. The van der Waals surface area contributed by atoms with Gasteiger partial charge in [-0.05, 0) is 42.0 Å². The number of nitrogens with zero attached hydrogens (tertiary/aromatic N) is 1. The van der Waals surface area contributed by atoms with Gasteiger partial charge >= 0.3 is 5.97 Å². The number of carbonyl (C=O) groups is 2. The molecule has 0 heterocycles. The number of esters is 1. The minimum atomic E-state index is -0.884. The van der Waals surface area contributed by atoms with Gasteiger partial charge in [-0.2, -0.15) is 5.26 Å². The van der Waals surface area contributed by atoms with E-state index in [1.54, 1.807) is 24.3 Å². The second kappa shape index (κ2) is 7.79. The van der Waals surface area contributed by atoms with Gasteiger partial charge in [-0.15, -0.1) is 0 Å². The molecule has 0 radical (unpaired) electrons. The highest BCUT2D eigenvalue weighted by Gasteiger charge is 2.22. The molecule has 1 amide bonds. The molecule has 6 heteroatoms. The van der Waals surface area contributed by atoms with Gasteiger partial charge < -0.3 is 15.2 Å². The predicted octanol–water partition coefficient (Wildman–Crippen LogP) is 1.78. The number of hydrogen-bond acceptors (Lipinski definition) is 5. The number of carbonyl (C=O) groups excluding carboxylic acids is 2. The molecule has 0 saturated heterocycles. The van der Waals surface area contributed by atoms with Crippen LogP contribution in [-0.4, -0.2) is 30.1 Å². The average molecular weight is 324 g/mol. The summed E-state index contributed by atoms with van der Waals surface area (Å²) in [4.78, 5) is 24.2. The average Bonchev–Trinajstić information content (AvgIpc) is 2.61. The number of benzene rings is 2. The van der Waals surface area contributed by atoms with Gasteiger partial charge in [-0.3, -0.25) is 4.79 Å². The maximum atomic E-state index is 12.2. The number of nitrogens with one attached hydrogen (secondary N) is 1.